The van der Waals surface area contributed by atoms with E-state index in [9.17, 15) is 0 Å². The van der Waals surface area contributed by atoms with Gasteiger partial charge in [-0.15, -0.1) is 0 Å². The monoisotopic (exact) mass is 268 g/mol. The van der Waals surface area contributed by atoms with Crippen LogP contribution in [-0.4, -0.2) is 0 Å². The van der Waals surface area contributed by atoms with Crippen LogP contribution >= 0.6 is 11.6 Å². The van der Waals surface area contributed by atoms with Crippen LogP contribution in [0.25, 0.3) is 0 Å². The second kappa shape index (κ2) is 5.91. The molecule has 0 aliphatic heterocycles. The molecule has 0 aliphatic rings. The second-order valence-corrected chi connectivity index (χ2v) is 4.27. The van der Waals surface area contributed by atoms with Gasteiger partial charge in [-0.05, 0) is 35.9 Å². The SMILES string of the molecule is N#Cc1cccc(COc2ccc(C#N)cc2Cl)c1. The molecule has 0 saturated heterocycles. The van der Waals surface area contributed by atoms with Gasteiger partial charge in [0, 0.05) is 0 Å². The first-order chi connectivity index (χ1) is 9.22. The fourth-order valence-electron chi connectivity index (χ4n) is 1.58. The maximum absolute atomic E-state index is 8.81. The number of ether oxygens (including phenoxy) is 1. The first kappa shape index (κ1) is 13.0. The Morgan fingerprint density at radius 1 is 1.00 bits per heavy atom. The molecule has 0 aromatic heterocycles. The zero-order valence-corrected chi connectivity index (χ0v) is 10.7. The highest BCUT2D eigenvalue weighted by Crippen LogP contribution is 2.26. The molecule has 0 atom stereocenters. The van der Waals surface area contributed by atoms with E-state index in [1.807, 2.05) is 12.1 Å². The van der Waals surface area contributed by atoms with Gasteiger partial charge in [-0.1, -0.05) is 23.7 Å². The van der Waals surface area contributed by atoms with Crippen LogP contribution in [-0.2, 0) is 6.61 Å². The number of hydrogen-bond acceptors (Lipinski definition) is 3. The maximum atomic E-state index is 8.81. The van der Waals surface area contributed by atoms with Crippen LogP contribution in [0.2, 0.25) is 5.02 Å². The highest BCUT2D eigenvalue weighted by Gasteiger charge is 2.04. The average molecular weight is 269 g/mol. The fraction of sp³-hybridized carbons (Fsp3) is 0.0667. The van der Waals surface area contributed by atoms with Crippen molar-refractivity contribution in [3.05, 3.63) is 64.2 Å². The summed E-state index contributed by atoms with van der Waals surface area (Å²) in [6.07, 6.45) is 0. The van der Waals surface area contributed by atoms with Crippen molar-refractivity contribution in [2.45, 2.75) is 6.61 Å². The first-order valence-electron chi connectivity index (χ1n) is 5.54. The van der Waals surface area contributed by atoms with Crippen LogP contribution in [0.4, 0.5) is 0 Å². The molecule has 0 heterocycles. The van der Waals surface area contributed by atoms with E-state index in [2.05, 4.69) is 6.07 Å². The summed E-state index contributed by atoms with van der Waals surface area (Å²) in [5.41, 5.74) is 1.97. The van der Waals surface area contributed by atoms with Gasteiger partial charge in [0.15, 0.2) is 0 Å². The van der Waals surface area contributed by atoms with Crippen LogP contribution in [0.3, 0.4) is 0 Å². The van der Waals surface area contributed by atoms with Crippen molar-refractivity contribution >= 4 is 11.6 Å². The van der Waals surface area contributed by atoms with Crippen molar-refractivity contribution in [1.29, 1.82) is 10.5 Å². The number of halogens is 1. The third-order valence-electron chi connectivity index (χ3n) is 2.51. The van der Waals surface area contributed by atoms with Gasteiger partial charge in [-0.2, -0.15) is 10.5 Å². The summed E-state index contributed by atoms with van der Waals surface area (Å²) in [6.45, 7) is 0.321. The molecule has 3 nitrogen and oxygen atoms in total. The average Bonchev–Trinajstić information content (AvgIpc) is 2.46. The molecule has 92 valence electrons. The van der Waals surface area contributed by atoms with Gasteiger partial charge in [0.25, 0.3) is 0 Å². The highest BCUT2D eigenvalue weighted by molar-refractivity contribution is 6.32. The van der Waals surface area contributed by atoms with Gasteiger partial charge in [0.2, 0.25) is 0 Å². The van der Waals surface area contributed by atoms with Crippen molar-refractivity contribution in [3.63, 3.8) is 0 Å². The number of hydrogen-bond donors (Lipinski definition) is 0. The summed E-state index contributed by atoms with van der Waals surface area (Å²) in [6, 6.07) is 16.1. The molecule has 0 saturated carbocycles. The molecule has 0 aliphatic carbocycles. The molecule has 0 N–H and O–H groups in total. The summed E-state index contributed by atoms with van der Waals surface area (Å²) in [4.78, 5) is 0. The van der Waals surface area contributed by atoms with Crippen molar-refractivity contribution in [3.8, 4) is 17.9 Å². The molecule has 0 amide bonds. The Morgan fingerprint density at radius 2 is 1.74 bits per heavy atom. The lowest BCUT2D eigenvalue weighted by atomic mass is 10.1. The molecule has 0 fully saturated rings. The predicted molar refractivity (Wildman–Crippen MR) is 71.7 cm³/mol. The van der Waals surface area contributed by atoms with E-state index in [0.29, 0.717) is 28.5 Å². The van der Waals surface area contributed by atoms with E-state index in [0.717, 1.165) is 5.56 Å². The molecule has 2 rings (SSSR count). The molecular formula is C15H9ClN2O. The smallest absolute Gasteiger partial charge is 0.138 e. The Bertz CT molecular complexity index is 683. The van der Waals surface area contributed by atoms with Gasteiger partial charge in [-0.25, -0.2) is 0 Å². The summed E-state index contributed by atoms with van der Waals surface area (Å²) < 4.78 is 5.57. The zero-order valence-electron chi connectivity index (χ0n) is 9.93. The van der Waals surface area contributed by atoms with Crippen LogP contribution in [0.15, 0.2) is 42.5 Å². The van der Waals surface area contributed by atoms with Crippen LogP contribution in [0, 0.1) is 22.7 Å². The number of nitrogens with zero attached hydrogens (tertiary/aromatic N) is 2. The minimum Gasteiger partial charge on any atom is -0.487 e. The third-order valence-corrected chi connectivity index (χ3v) is 2.81. The van der Waals surface area contributed by atoms with Crippen molar-refractivity contribution in [2.75, 3.05) is 0 Å². The van der Waals surface area contributed by atoms with E-state index >= 15 is 0 Å². The quantitative estimate of drug-likeness (QED) is 0.853. The first-order valence-corrected chi connectivity index (χ1v) is 5.92. The molecule has 0 unspecified atom stereocenters. The summed E-state index contributed by atoms with van der Waals surface area (Å²) in [5.74, 6) is 0.517. The summed E-state index contributed by atoms with van der Waals surface area (Å²) in [5, 5.41) is 17.9. The minimum atomic E-state index is 0.321. The minimum absolute atomic E-state index is 0.321. The molecule has 19 heavy (non-hydrogen) atoms. The second-order valence-electron chi connectivity index (χ2n) is 3.86. The molecule has 2 aromatic carbocycles. The Hall–Kier alpha value is -2.49. The fourth-order valence-corrected chi connectivity index (χ4v) is 1.81. The Labute approximate surface area is 116 Å². The van der Waals surface area contributed by atoms with Crippen molar-refractivity contribution < 1.29 is 4.74 Å². The van der Waals surface area contributed by atoms with E-state index in [1.165, 1.54) is 0 Å². The Morgan fingerprint density at radius 3 is 2.42 bits per heavy atom. The van der Waals surface area contributed by atoms with Crippen LogP contribution in [0.5, 0.6) is 5.75 Å². The van der Waals surface area contributed by atoms with E-state index in [1.54, 1.807) is 36.4 Å². The normalized spacial score (nSPS) is 9.42. The van der Waals surface area contributed by atoms with Gasteiger partial charge in [0.1, 0.15) is 12.4 Å². The van der Waals surface area contributed by atoms with Gasteiger partial charge in [0.05, 0.1) is 28.3 Å². The molecule has 4 heteroatoms. The lowest BCUT2D eigenvalue weighted by molar-refractivity contribution is 0.306. The molecule has 2 aromatic rings. The highest BCUT2D eigenvalue weighted by atomic mass is 35.5. The van der Waals surface area contributed by atoms with Gasteiger partial charge in [-0.3, -0.25) is 0 Å². The molecule has 0 spiro atoms. The number of nitriles is 2. The maximum Gasteiger partial charge on any atom is 0.138 e. The Balaban J connectivity index is 2.11. The largest absolute Gasteiger partial charge is 0.487 e. The van der Waals surface area contributed by atoms with Crippen molar-refractivity contribution in [2.24, 2.45) is 0 Å². The topological polar surface area (TPSA) is 56.8 Å². The molecule has 0 bridgehead atoms. The lowest BCUT2D eigenvalue weighted by Gasteiger charge is -2.08. The van der Waals surface area contributed by atoms with Crippen LogP contribution in [0.1, 0.15) is 16.7 Å². The zero-order chi connectivity index (χ0) is 13.7. The summed E-state index contributed by atoms with van der Waals surface area (Å²) >= 11 is 6.00. The Kier molecular flexibility index (Phi) is 4.03. The standard InChI is InChI=1S/C15H9ClN2O/c16-14-7-12(9-18)4-5-15(14)19-10-13-3-1-2-11(6-13)8-17/h1-7H,10H2. The molecular weight excluding hydrogens is 260 g/mol. The van der Waals surface area contributed by atoms with E-state index in [-0.39, 0.29) is 0 Å². The molecule has 0 radical (unpaired) electrons. The van der Waals surface area contributed by atoms with Crippen molar-refractivity contribution in [1.82, 2.24) is 0 Å². The lowest BCUT2D eigenvalue weighted by Crippen LogP contribution is -1.96. The number of rotatable bonds is 3. The van der Waals surface area contributed by atoms with Gasteiger partial charge < -0.3 is 4.74 Å². The van der Waals surface area contributed by atoms with E-state index in [4.69, 9.17) is 26.9 Å². The third kappa shape index (κ3) is 3.25. The van der Waals surface area contributed by atoms with E-state index < -0.39 is 0 Å². The summed E-state index contributed by atoms with van der Waals surface area (Å²) in [7, 11) is 0. The predicted octanol–water partition coefficient (Wildman–Crippen LogP) is 3.66. The number of benzene rings is 2. The van der Waals surface area contributed by atoms with Gasteiger partial charge >= 0.3 is 0 Å². The van der Waals surface area contributed by atoms with Crippen LogP contribution < -0.4 is 4.74 Å².